The lowest BCUT2D eigenvalue weighted by Crippen LogP contribution is -2.37. The largest absolute Gasteiger partial charge is 0.391 e. The molecule has 1 heterocycles. The number of rotatable bonds is 5. The lowest BCUT2D eigenvalue weighted by molar-refractivity contribution is 0.0639. The molecule has 0 bridgehead atoms. The van der Waals surface area contributed by atoms with Gasteiger partial charge in [-0.05, 0) is 38.7 Å². The molecule has 0 spiro atoms. The minimum atomic E-state index is -0.499. The standard InChI is InChI=1S/C18H23N3O3/c1-11(2)21-17(23)14-7-5-4-6-13(14)16(19-21)18(24)20(3)10-15(22)12-8-9-12/h4-7,11-12,15,22H,8-10H2,1-3H3. The molecule has 1 aromatic heterocycles. The van der Waals surface area contributed by atoms with Gasteiger partial charge in [0.15, 0.2) is 5.69 Å². The summed E-state index contributed by atoms with van der Waals surface area (Å²) in [5.41, 5.74) is 0.0576. The Morgan fingerprint density at radius 3 is 2.54 bits per heavy atom. The Bertz CT molecular complexity index is 824. The van der Waals surface area contributed by atoms with Gasteiger partial charge in [0.1, 0.15) is 0 Å². The number of amides is 1. The summed E-state index contributed by atoms with van der Waals surface area (Å²) in [6.07, 6.45) is 1.53. The fourth-order valence-electron chi connectivity index (χ4n) is 2.89. The van der Waals surface area contributed by atoms with Crippen LogP contribution >= 0.6 is 0 Å². The molecule has 1 aromatic carbocycles. The number of likely N-dealkylation sites (N-methyl/N-ethyl adjacent to an activating group) is 1. The van der Waals surface area contributed by atoms with E-state index in [-0.39, 0.29) is 29.7 Å². The second-order valence-corrected chi connectivity index (χ2v) is 6.83. The third kappa shape index (κ3) is 3.06. The number of aliphatic hydroxyl groups is 1. The zero-order valence-electron chi connectivity index (χ0n) is 14.3. The van der Waals surface area contributed by atoms with Crippen molar-refractivity contribution in [1.29, 1.82) is 0 Å². The van der Waals surface area contributed by atoms with Crippen LogP contribution in [0.5, 0.6) is 0 Å². The first kappa shape index (κ1) is 16.6. The van der Waals surface area contributed by atoms with Crippen molar-refractivity contribution < 1.29 is 9.90 Å². The molecule has 1 aliphatic rings. The second kappa shape index (κ2) is 6.36. The number of hydrogen-bond donors (Lipinski definition) is 1. The summed E-state index contributed by atoms with van der Waals surface area (Å²) >= 11 is 0. The third-order valence-corrected chi connectivity index (χ3v) is 4.49. The molecular formula is C18H23N3O3. The van der Waals surface area contributed by atoms with Gasteiger partial charge in [0.05, 0.1) is 17.5 Å². The van der Waals surface area contributed by atoms with Crippen LogP contribution in [-0.2, 0) is 0 Å². The van der Waals surface area contributed by atoms with Crippen molar-refractivity contribution in [1.82, 2.24) is 14.7 Å². The molecule has 1 atom stereocenters. The molecule has 3 rings (SSSR count). The number of aliphatic hydroxyl groups excluding tert-OH is 1. The van der Waals surface area contributed by atoms with E-state index in [1.165, 1.54) is 9.58 Å². The van der Waals surface area contributed by atoms with Crippen LogP contribution in [0.4, 0.5) is 0 Å². The van der Waals surface area contributed by atoms with Crippen LogP contribution in [0.1, 0.15) is 43.2 Å². The smallest absolute Gasteiger partial charge is 0.274 e. The molecule has 1 N–H and O–H groups in total. The molecule has 6 nitrogen and oxygen atoms in total. The van der Waals surface area contributed by atoms with Gasteiger partial charge in [0.25, 0.3) is 11.5 Å². The highest BCUT2D eigenvalue weighted by molar-refractivity contribution is 6.04. The van der Waals surface area contributed by atoms with E-state index in [0.29, 0.717) is 16.7 Å². The molecule has 128 valence electrons. The second-order valence-electron chi connectivity index (χ2n) is 6.83. The monoisotopic (exact) mass is 329 g/mol. The minimum Gasteiger partial charge on any atom is -0.391 e. The summed E-state index contributed by atoms with van der Waals surface area (Å²) in [7, 11) is 1.66. The average molecular weight is 329 g/mol. The summed E-state index contributed by atoms with van der Waals surface area (Å²) < 4.78 is 1.35. The molecule has 1 amide bonds. The predicted octanol–water partition coefficient (Wildman–Crippen LogP) is 1.82. The number of fused-ring (bicyclic) bond motifs is 1. The van der Waals surface area contributed by atoms with Gasteiger partial charge < -0.3 is 10.0 Å². The molecule has 1 unspecified atom stereocenters. The zero-order chi connectivity index (χ0) is 17.4. The summed E-state index contributed by atoms with van der Waals surface area (Å²) in [6.45, 7) is 4.00. The van der Waals surface area contributed by atoms with E-state index in [0.717, 1.165) is 12.8 Å². The molecule has 0 aliphatic heterocycles. The van der Waals surface area contributed by atoms with E-state index < -0.39 is 6.10 Å². The molecule has 0 saturated heterocycles. The van der Waals surface area contributed by atoms with E-state index in [9.17, 15) is 14.7 Å². The maximum atomic E-state index is 12.9. The highest BCUT2D eigenvalue weighted by atomic mass is 16.3. The van der Waals surface area contributed by atoms with Crippen molar-refractivity contribution >= 4 is 16.7 Å². The number of hydrogen-bond acceptors (Lipinski definition) is 4. The van der Waals surface area contributed by atoms with Gasteiger partial charge in [0, 0.05) is 19.0 Å². The Labute approximate surface area is 140 Å². The lowest BCUT2D eigenvalue weighted by Gasteiger charge is -2.21. The van der Waals surface area contributed by atoms with Gasteiger partial charge in [0.2, 0.25) is 0 Å². The van der Waals surface area contributed by atoms with E-state index >= 15 is 0 Å². The van der Waals surface area contributed by atoms with Crippen LogP contribution in [0.15, 0.2) is 29.1 Å². The summed E-state index contributed by atoms with van der Waals surface area (Å²) in [4.78, 5) is 26.9. The van der Waals surface area contributed by atoms with Crippen LogP contribution in [0, 0.1) is 5.92 Å². The molecule has 6 heteroatoms. The first-order valence-corrected chi connectivity index (χ1v) is 8.35. The Hall–Kier alpha value is -2.21. The van der Waals surface area contributed by atoms with Crippen LogP contribution in [0.3, 0.4) is 0 Å². The maximum Gasteiger partial charge on any atom is 0.274 e. The molecular weight excluding hydrogens is 306 g/mol. The number of aromatic nitrogens is 2. The summed E-state index contributed by atoms with van der Waals surface area (Å²) in [6, 6.07) is 6.89. The molecule has 2 aromatic rings. The van der Waals surface area contributed by atoms with Crippen LogP contribution in [-0.4, -0.2) is 45.4 Å². The number of carbonyl (C=O) groups is 1. The van der Waals surface area contributed by atoms with E-state index in [4.69, 9.17) is 0 Å². The van der Waals surface area contributed by atoms with Crippen molar-refractivity contribution in [2.24, 2.45) is 5.92 Å². The van der Waals surface area contributed by atoms with Gasteiger partial charge in [-0.2, -0.15) is 5.10 Å². The van der Waals surface area contributed by atoms with Gasteiger partial charge in [-0.25, -0.2) is 4.68 Å². The summed E-state index contributed by atoms with van der Waals surface area (Å²) in [5.74, 6) is 0.0230. The van der Waals surface area contributed by atoms with Gasteiger partial charge >= 0.3 is 0 Å². The topological polar surface area (TPSA) is 75.4 Å². The number of benzene rings is 1. The Morgan fingerprint density at radius 2 is 1.96 bits per heavy atom. The highest BCUT2D eigenvalue weighted by Gasteiger charge is 2.32. The van der Waals surface area contributed by atoms with Crippen molar-refractivity contribution in [2.75, 3.05) is 13.6 Å². The fourth-order valence-corrected chi connectivity index (χ4v) is 2.89. The molecule has 1 saturated carbocycles. The SMILES string of the molecule is CC(C)n1nc(C(=O)N(C)CC(O)C2CC2)c2ccccc2c1=O. The molecule has 0 radical (unpaired) electrons. The first-order valence-electron chi connectivity index (χ1n) is 8.35. The lowest BCUT2D eigenvalue weighted by atomic mass is 10.1. The minimum absolute atomic E-state index is 0.143. The van der Waals surface area contributed by atoms with Crippen LogP contribution in [0.2, 0.25) is 0 Å². The normalized spacial score (nSPS) is 15.7. The zero-order valence-corrected chi connectivity index (χ0v) is 14.3. The first-order chi connectivity index (χ1) is 11.4. The highest BCUT2D eigenvalue weighted by Crippen LogP contribution is 2.32. The van der Waals surface area contributed by atoms with E-state index in [1.54, 1.807) is 31.3 Å². The number of nitrogens with zero attached hydrogens (tertiary/aromatic N) is 3. The van der Waals surface area contributed by atoms with Crippen LogP contribution in [0.25, 0.3) is 10.8 Å². The van der Waals surface area contributed by atoms with Gasteiger partial charge in [-0.1, -0.05) is 18.2 Å². The molecule has 24 heavy (non-hydrogen) atoms. The van der Waals surface area contributed by atoms with Crippen molar-refractivity contribution in [3.05, 3.63) is 40.3 Å². The fraction of sp³-hybridized carbons (Fsp3) is 0.500. The van der Waals surface area contributed by atoms with Crippen molar-refractivity contribution in [3.8, 4) is 0 Å². The van der Waals surface area contributed by atoms with Crippen molar-refractivity contribution in [3.63, 3.8) is 0 Å². The quantitative estimate of drug-likeness (QED) is 0.908. The van der Waals surface area contributed by atoms with Gasteiger partial charge in [-0.15, -0.1) is 0 Å². The Morgan fingerprint density at radius 1 is 1.33 bits per heavy atom. The Balaban J connectivity index is 2.02. The maximum absolute atomic E-state index is 12.9. The molecule has 1 fully saturated rings. The summed E-state index contributed by atoms with van der Waals surface area (Å²) in [5, 5.41) is 15.4. The van der Waals surface area contributed by atoms with Gasteiger partial charge in [-0.3, -0.25) is 9.59 Å². The van der Waals surface area contributed by atoms with Crippen molar-refractivity contribution in [2.45, 2.75) is 38.8 Å². The Kier molecular flexibility index (Phi) is 4.41. The average Bonchev–Trinajstić information content (AvgIpc) is 3.39. The van der Waals surface area contributed by atoms with E-state index in [2.05, 4.69) is 5.10 Å². The number of carbonyl (C=O) groups excluding carboxylic acids is 1. The predicted molar refractivity (Wildman–Crippen MR) is 92.1 cm³/mol. The molecule has 1 aliphatic carbocycles. The van der Waals surface area contributed by atoms with E-state index in [1.807, 2.05) is 13.8 Å². The van der Waals surface area contributed by atoms with Crippen LogP contribution < -0.4 is 5.56 Å². The third-order valence-electron chi connectivity index (χ3n) is 4.49.